The summed E-state index contributed by atoms with van der Waals surface area (Å²) >= 11 is 0. The maximum absolute atomic E-state index is 13.0. The standard InChI is InChI=1S/C56H99NO8/c1-3-5-7-9-11-13-15-17-19-20-21-22-23-24-25-26-27-28-29-30-32-34-36-38-40-42-44-46-52(60)57-49(48-64-56-55(63)54(62)53(61)51(47-58)65-56)50(59)45-43-41-39-37-35-33-31-18-16-14-12-10-8-6-4-2/h5,7,11,13,17,19,21-22,24-25,43,45,49-51,53-56,58-59,61-63H,3-4,6,8-10,12,14-16,18,20,23,26-42,44,46-48H2,1-2H3,(H,57,60)/b7-5-,13-11-,19-17-,22-21-,25-24-,45-43+. The van der Waals surface area contributed by atoms with E-state index in [1.807, 2.05) is 6.08 Å². The lowest BCUT2D eigenvalue weighted by Gasteiger charge is -2.40. The molecule has 9 heteroatoms. The van der Waals surface area contributed by atoms with E-state index in [4.69, 9.17) is 9.47 Å². The number of aliphatic hydroxyl groups is 5. The molecule has 1 rings (SSSR count). The van der Waals surface area contributed by atoms with Crippen molar-refractivity contribution < 1.29 is 39.8 Å². The number of ether oxygens (including phenoxy) is 2. The molecule has 1 amide bonds. The Morgan fingerprint density at radius 1 is 0.538 bits per heavy atom. The van der Waals surface area contributed by atoms with E-state index in [1.165, 1.54) is 128 Å². The summed E-state index contributed by atoms with van der Waals surface area (Å²) in [5.41, 5.74) is 0. The second-order valence-corrected chi connectivity index (χ2v) is 18.3. The topological polar surface area (TPSA) is 149 Å². The summed E-state index contributed by atoms with van der Waals surface area (Å²) in [7, 11) is 0. The van der Waals surface area contributed by atoms with Crippen LogP contribution in [0.15, 0.2) is 72.9 Å². The first-order valence-electron chi connectivity index (χ1n) is 26.7. The number of carbonyl (C=O) groups excluding carboxylic acids is 1. The van der Waals surface area contributed by atoms with Gasteiger partial charge in [-0.25, -0.2) is 0 Å². The van der Waals surface area contributed by atoms with Crippen LogP contribution in [0.3, 0.4) is 0 Å². The highest BCUT2D eigenvalue weighted by atomic mass is 16.7. The van der Waals surface area contributed by atoms with Crippen LogP contribution in [0.2, 0.25) is 0 Å². The number of hydrogen-bond donors (Lipinski definition) is 6. The van der Waals surface area contributed by atoms with Crippen LogP contribution in [0.4, 0.5) is 0 Å². The van der Waals surface area contributed by atoms with Crippen LogP contribution in [0.5, 0.6) is 0 Å². The highest BCUT2D eigenvalue weighted by Gasteiger charge is 2.44. The molecule has 6 N–H and O–H groups in total. The van der Waals surface area contributed by atoms with Crippen molar-refractivity contribution in [2.75, 3.05) is 13.2 Å². The molecule has 0 radical (unpaired) electrons. The van der Waals surface area contributed by atoms with E-state index < -0.39 is 49.5 Å². The molecule has 0 aromatic rings. The van der Waals surface area contributed by atoms with E-state index >= 15 is 0 Å². The van der Waals surface area contributed by atoms with Gasteiger partial charge in [0.2, 0.25) is 5.91 Å². The highest BCUT2D eigenvalue weighted by molar-refractivity contribution is 5.76. The van der Waals surface area contributed by atoms with Gasteiger partial charge in [-0.3, -0.25) is 4.79 Å². The zero-order chi connectivity index (χ0) is 47.3. The molecule has 7 unspecified atom stereocenters. The number of nitrogens with one attached hydrogen (secondary N) is 1. The summed E-state index contributed by atoms with van der Waals surface area (Å²) in [5, 5.41) is 54.4. The Balaban J connectivity index is 2.24. The smallest absolute Gasteiger partial charge is 0.220 e. The second-order valence-electron chi connectivity index (χ2n) is 18.3. The Morgan fingerprint density at radius 3 is 1.42 bits per heavy atom. The molecule has 1 fully saturated rings. The number of allylic oxidation sites excluding steroid dienone is 11. The fourth-order valence-electron chi connectivity index (χ4n) is 8.07. The molecule has 0 spiro atoms. The maximum Gasteiger partial charge on any atom is 0.220 e. The normalized spacial score (nSPS) is 20.5. The average Bonchev–Trinajstić information content (AvgIpc) is 3.31. The molecule has 0 aromatic carbocycles. The summed E-state index contributed by atoms with van der Waals surface area (Å²) in [6.07, 6.45) is 55.2. The Morgan fingerprint density at radius 2 is 0.954 bits per heavy atom. The molecule has 0 aromatic heterocycles. The highest BCUT2D eigenvalue weighted by Crippen LogP contribution is 2.23. The minimum Gasteiger partial charge on any atom is -0.394 e. The first-order valence-corrected chi connectivity index (χ1v) is 26.7. The molecule has 65 heavy (non-hydrogen) atoms. The number of amides is 1. The third kappa shape index (κ3) is 35.4. The summed E-state index contributed by atoms with van der Waals surface area (Å²) in [6.45, 7) is 3.66. The maximum atomic E-state index is 13.0. The molecular weight excluding hydrogens is 815 g/mol. The van der Waals surface area contributed by atoms with Gasteiger partial charge in [0.25, 0.3) is 0 Å². The van der Waals surface area contributed by atoms with Gasteiger partial charge >= 0.3 is 0 Å². The predicted octanol–water partition coefficient (Wildman–Crippen LogP) is 12.5. The van der Waals surface area contributed by atoms with Crippen LogP contribution in [-0.2, 0) is 14.3 Å². The summed E-state index contributed by atoms with van der Waals surface area (Å²) < 4.78 is 11.2. The van der Waals surface area contributed by atoms with Gasteiger partial charge < -0.3 is 40.3 Å². The lowest BCUT2D eigenvalue weighted by Crippen LogP contribution is -2.60. The van der Waals surface area contributed by atoms with Crippen molar-refractivity contribution in [3.05, 3.63) is 72.9 Å². The number of aliphatic hydroxyl groups excluding tert-OH is 5. The van der Waals surface area contributed by atoms with E-state index in [-0.39, 0.29) is 12.5 Å². The van der Waals surface area contributed by atoms with Crippen LogP contribution in [0.25, 0.3) is 0 Å². The molecule has 1 saturated heterocycles. The SMILES string of the molecule is CC/C=C\C/C=C\C/C=C\C/C=C\C/C=C\CCCCCCCCCCCCCC(=O)NC(COC1OC(CO)C(O)C(O)C1O)C(O)/C=C/CCCCCCCCCCCCCCC. The number of rotatable bonds is 44. The molecule has 0 aliphatic carbocycles. The predicted molar refractivity (Wildman–Crippen MR) is 272 cm³/mol. The third-order valence-corrected chi connectivity index (χ3v) is 12.3. The van der Waals surface area contributed by atoms with Crippen LogP contribution in [-0.4, -0.2) is 87.5 Å². The molecule has 9 nitrogen and oxygen atoms in total. The Labute approximate surface area is 398 Å². The summed E-state index contributed by atoms with van der Waals surface area (Å²) in [4.78, 5) is 13.0. The number of hydrogen-bond acceptors (Lipinski definition) is 8. The molecule has 376 valence electrons. The lowest BCUT2D eigenvalue weighted by atomic mass is 9.99. The molecule has 0 bridgehead atoms. The Hall–Kier alpha value is -2.37. The molecule has 7 atom stereocenters. The zero-order valence-corrected chi connectivity index (χ0v) is 41.5. The molecule has 1 heterocycles. The first-order chi connectivity index (χ1) is 31.8. The molecule has 1 aliphatic rings. The summed E-state index contributed by atoms with van der Waals surface area (Å²) in [6, 6.07) is -0.809. The zero-order valence-electron chi connectivity index (χ0n) is 41.5. The van der Waals surface area contributed by atoms with E-state index in [9.17, 15) is 30.3 Å². The van der Waals surface area contributed by atoms with Crippen LogP contribution in [0.1, 0.15) is 219 Å². The second kappa shape index (κ2) is 45.4. The van der Waals surface area contributed by atoms with Gasteiger partial charge in [0.05, 0.1) is 25.4 Å². The monoisotopic (exact) mass is 914 g/mol. The minimum absolute atomic E-state index is 0.183. The fraction of sp³-hybridized carbons (Fsp3) is 0.768. The van der Waals surface area contributed by atoms with Gasteiger partial charge in [0.15, 0.2) is 6.29 Å². The number of unbranched alkanes of at least 4 members (excludes halogenated alkanes) is 24. The summed E-state index contributed by atoms with van der Waals surface area (Å²) in [5.74, 6) is -0.183. The van der Waals surface area contributed by atoms with Crippen LogP contribution >= 0.6 is 0 Å². The van der Waals surface area contributed by atoms with Crippen molar-refractivity contribution in [3.8, 4) is 0 Å². The van der Waals surface area contributed by atoms with Crippen molar-refractivity contribution in [1.82, 2.24) is 5.32 Å². The van der Waals surface area contributed by atoms with Crippen molar-refractivity contribution in [2.45, 2.75) is 262 Å². The number of carbonyl (C=O) groups is 1. The molecule has 1 aliphatic heterocycles. The van der Waals surface area contributed by atoms with E-state index in [0.717, 1.165) is 70.6 Å². The first kappa shape index (κ1) is 60.6. The average molecular weight is 914 g/mol. The minimum atomic E-state index is -1.57. The van der Waals surface area contributed by atoms with Gasteiger partial charge in [-0.1, -0.05) is 222 Å². The molecule has 0 saturated carbocycles. The quantitative estimate of drug-likeness (QED) is 0.0261. The van der Waals surface area contributed by atoms with E-state index in [2.05, 4.69) is 79.9 Å². The third-order valence-electron chi connectivity index (χ3n) is 12.3. The van der Waals surface area contributed by atoms with Gasteiger partial charge in [0.1, 0.15) is 24.4 Å². The fourth-order valence-corrected chi connectivity index (χ4v) is 8.07. The van der Waals surface area contributed by atoms with Gasteiger partial charge in [0, 0.05) is 6.42 Å². The largest absolute Gasteiger partial charge is 0.394 e. The van der Waals surface area contributed by atoms with Crippen molar-refractivity contribution in [1.29, 1.82) is 0 Å². The lowest BCUT2D eigenvalue weighted by molar-refractivity contribution is -0.302. The van der Waals surface area contributed by atoms with Gasteiger partial charge in [-0.05, 0) is 64.2 Å². The molecular formula is C56H99NO8. The Kier molecular flexibility index (Phi) is 42.4. The van der Waals surface area contributed by atoms with Gasteiger partial charge in [-0.15, -0.1) is 0 Å². The van der Waals surface area contributed by atoms with E-state index in [1.54, 1.807) is 6.08 Å². The van der Waals surface area contributed by atoms with Crippen LogP contribution in [0, 0.1) is 0 Å². The van der Waals surface area contributed by atoms with Gasteiger partial charge in [-0.2, -0.15) is 0 Å². The van der Waals surface area contributed by atoms with Crippen LogP contribution < -0.4 is 5.32 Å². The Bertz CT molecular complexity index is 1240. The van der Waals surface area contributed by atoms with E-state index in [0.29, 0.717) is 6.42 Å². The van der Waals surface area contributed by atoms with Crippen molar-refractivity contribution in [2.24, 2.45) is 0 Å². The van der Waals surface area contributed by atoms with Crippen molar-refractivity contribution >= 4 is 5.91 Å². The van der Waals surface area contributed by atoms with Crippen molar-refractivity contribution in [3.63, 3.8) is 0 Å².